The molecule has 0 aliphatic carbocycles. The highest BCUT2D eigenvalue weighted by molar-refractivity contribution is 5.78. The number of benzene rings is 2. The predicted octanol–water partition coefficient (Wildman–Crippen LogP) is 3.92. The van der Waals surface area contributed by atoms with Crippen molar-refractivity contribution in [3.05, 3.63) is 74.7 Å². The Hall–Kier alpha value is -4.27. The molecule has 0 bridgehead atoms. The molecule has 0 atom stereocenters. The Balaban J connectivity index is 1.73. The first-order valence-electron chi connectivity index (χ1n) is 11.3. The van der Waals surface area contributed by atoms with Gasteiger partial charge in [-0.25, -0.2) is 9.78 Å². The van der Waals surface area contributed by atoms with Crippen LogP contribution in [0, 0.1) is 0 Å². The Morgan fingerprint density at radius 1 is 0.857 bits per heavy atom. The molecular formula is C26H28N4O5. The summed E-state index contributed by atoms with van der Waals surface area (Å²) in [5, 5.41) is 0. The Bertz CT molecular complexity index is 1510. The first kappa shape index (κ1) is 23.9. The monoisotopic (exact) mass is 476 g/mol. The van der Waals surface area contributed by atoms with Crippen molar-refractivity contribution in [3.63, 3.8) is 0 Å². The number of nitrogens with zero attached hydrogens (tertiary/aromatic N) is 4. The van der Waals surface area contributed by atoms with Crippen LogP contribution in [0.3, 0.4) is 0 Å². The van der Waals surface area contributed by atoms with Crippen LogP contribution in [0.5, 0.6) is 23.0 Å². The van der Waals surface area contributed by atoms with Crippen LogP contribution in [0.1, 0.15) is 25.2 Å². The molecule has 4 rings (SSSR count). The topological polar surface area (TPSA) is 89.5 Å². The first-order chi connectivity index (χ1) is 16.9. The SMILES string of the molecule is CCn1c(=O)c2c(nc(C=Cc3cc(Oc4ccc(OC)cc4)ccc3OC)n2C)n(CC)c1=O. The third kappa shape index (κ3) is 4.44. The van der Waals surface area contributed by atoms with Gasteiger partial charge in [0.1, 0.15) is 28.8 Å². The second kappa shape index (κ2) is 9.92. The quantitative estimate of drug-likeness (QED) is 0.383. The van der Waals surface area contributed by atoms with Crippen molar-refractivity contribution in [2.45, 2.75) is 26.9 Å². The van der Waals surface area contributed by atoms with E-state index in [1.807, 2.05) is 55.5 Å². The summed E-state index contributed by atoms with van der Waals surface area (Å²) in [4.78, 5) is 30.2. The summed E-state index contributed by atoms with van der Waals surface area (Å²) in [7, 11) is 4.98. The molecule has 2 aromatic heterocycles. The van der Waals surface area contributed by atoms with E-state index in [0.717, 1.165) is 11.3 Å². The van der Waals surface area contributed by atoms with Crippen LogP contribution in [0.4, 0.5) is 0 Å². The van der Waals surface area contributed by atoms with E-state index in [4.69, 9.17) is 14.2 Å². The fourth-order valence-electron chi connectivity index (χ4n) is 3.94. The normalized spacial score (nSPS) is 11.3. The van der Waals surface area contributed by atoms with Crippen LogP contribution in [0.25, 0.3) is 23.3 Å². The van der Waals surface area contributed by atoms with Gasteiger partial charge in [-0.3, -0.25) is 13.9 Å². The van der Waals surface area contributed by atoms with Gasteiger partial charge in [-0.1, -0.05) is 0 Å². The maximum Gasteiger partial charge on any atom is 0.332 e. The standard InChI is InChI=1S/C26H28N4O5/c1-6-29-24-23(25(31)30(7-2)26(29)32)28(3)22(27-24)15-8-17-16-20(13-14-21(17)34-5)35-19-11-9-18(33-4)10-12-19/h8-16H,6-7H2,1-5H3. The van der Waals surface area contributed by atoms with Crippen LogP contribution in [-0.2, 0) is 20.1 Å². The Kier molecular flexibility index (Phi) is 6.77. The second-order valence-corrected chi connectivity index (χ2v) is 7.79. The van der Waals surface area contributed by atoms with E-state index >= 15 is 0 Å². The molecule has 2 heterocycles. The third-order valence-electron chi connectivity index (χ3n) is 5.82. The van der Waals surface area contributed by atoms with Crippen LogP contribution in [0.2, 0.25) is 0 Å². The van der Waals surface area contributed by atoms with Crippen LogP contribution >= 0.6 is 0 Å². The molecule has 9 heteroatoms. The lowest BCUT2D eigenvalue weighted by Gasteiger charge is -2.10. The van der Waals surface area contributed by atoms with Gasteiger partial charge >= 0.3 is 5.69 Å². The number of methoxy groups -OCH3 is 2. The zero-order chi connectivity index (χ0) is 25.1. The third-order valence-corrected chi connectivity index (χ3v) is 5.82. The molecule has 35 heavy (non-hydrogen) atoms. The zero-order valence-electron chi connectivity index (χ0n) is 20.4. The summed E-state index contributed by atoms with van der Waals surface area (Å²) in [5.74, 6) is 3.24. The molecule has 0 aliphatic rings. The summed E-state index contributed by atoms with van der Waals surface area (Å²) >= 11 is 0. The molecule has 2 aromatic carbocycles. The minimum Gasteiger partial charge on any atom is -0.497 e. The Labute approximate surface area is 202 Å². The Morgan fingerprint density at radius 3 is 2.14 bits per heavy atom. The van der Waals surface area contributed by atoms with Gasteiger partial charge in [0.2, 0.25) is 0 Å². The van der Waals surface area contributed by atoms with Gasteiger partial charge in [0, 0.05) is 25.7 Å². The highest BCUT2D eigenvalue weighted by atomic mass is 16.5. The number of imidazole rings is 1. The van der Waals surface area contributed by atoms with Gasteiger partial charge in [0.15, 0.2) is 11.2 Å². The maximum atomic E-state index is 12.9. The molecule has 0 spiro atoms. The number of hydrogen-bond acceptors (Lipinski definition) is 6. The van der Waals surface area contributed by atoms with Crippen molar-refractivity contribution in [2.75, 3.05) is 14.2 Å². The smallest absolute Gasteiger partial charge is 0.332 e. The fourth-order valence-corrected chi connectivity index (χ4v) is 3.94. The largest absolute Gasteiger partial charge is 0.497 e. The van der Waals surface area contributed by atoms with Crippen molar-refractivity contribution < 1.29 is 14.2 Å². The molecule has 182 valence electrons. The highest BCUT2D eigenvalue weighted by Gasteiger charge is 2.18. The van der Waals surface area contributed by atoms with Gasteiger partial charge in [-0.15, -0.1) is 0 Å². The maximum absolute atomic E-state index is 12.9. The second-order valence-electron chi connectivity index (χ2n) is 7.79. The molecule has 9 nitrogen and oxygen atoms in total. The van der Waals surface area contributed by atoms with E-state index in [9.17, 15) is 9.59 Å². The highest BCUT2D eigenvalue weighted by Crippen LogP contribution is 2.30. The molecule has 0 fully saturated rings. The average Bonchev–Trinajstić information content (AvgIpc) is 3.20. The molecule has 0 amide bonds. The number of aromatic nitrogens is 4. The van der Waals surface area contributed by atoms with Crippen molar-refractivity contribution in [3.8, 4) is 23.0 Å². The average molecular weight is 477 g/mol. The molecule has 0 saturated heterocycles. The first-order valence-corrected chi connectivity index (χ1v) is 11.3. The van der Waals surface area contributed by atoms with Crippen LogP contribution in [0.15, 0.2) is 52.1 Å². The summed E-state index contributed by atoms with van der Waals surface area (Å²) in [6.07, 6.45) is 3.63. The lowest BCUT2D eigenvalue weighted by atomic mass is 10.1. The van der Waals surface area contributed by atoms with E-state index in [-0.39, 0.29) is 11.2 Å². The molecule has 0 aliphatic heterocycles. The Morgan fingerprint density at radius 2 is 1.51 bits per heavy atom. The van der Waals surface area contributed by atoms with E-state index < -0.39 is 0 Å². The molecule has 4 aromatic rings. The minimum atomic E-state index is -0.355. The number of ether oxygens (including phenoxy) is 3. The summed E-state index contributed by atoms with van der Waals surface area (Å²) in [6.45, 7) is 4.34. The molecule has 0 unspecified atom stereocenters. The minimum absolute atomic E-state index is 0.294. The van der Waals surface area contributed by atoms with Gasteiger partial charge in [0.25, 0.3) is 5.56 Å². The number of rotatable bonds is 8. The van der Waals surface area contributed by atoms with Gasteiger partial charge in [-0.05, 0) is 68.5 Å². The number of aryl methyl sites for hydroxylation is 2. The lowest BCUT2D eigenvalue weighted by molar-refractivity contribution is 0.410. The van der Waals surface area contributed by atoms with Crippen LogP contribution in [-0.4, -0.2) is 32.9 Å². The van der Waals surface area contributed by atoms with E-state index in [0.29, 0.717) is 47.3 Å². The van der Waals surface area contributed by atoms with Gasteiger partial charge in [-0.2, -0.15) is 0 Å². The summed E-state index contributed by atoms with van der Waals surface area (Å²) in [6, 6.07) is 12.8. The fraction of sp³-hybridized carbons (Fsp3) is 0.269. The van der Waals surface area contributed by atoms with E-state index in [1.165, 1.54) is 9.13 Å². The van der Waals surface area contributed by atoms with E-state index in [2.05, 4.69) is 4.98 Å². The molecular weight excluding hydrogens is 448 g/mol. The molecule has 0 saturated carbocycles. The molecule has 0 radical (unpaired) electrons. The van der Waals surface area contributed by atoms with E-state index in [1.54, 1.807) is 38.8 Å². The predicted molar refractivity (Wildman–Crippen MR) is 136 cm³/mol. The summed E-state index contributed by atoms with van der Waals surface area (Å²) in [5.41, 5.74) is 0.823. The zero-order valence-corrected chi connectivity index (χ0v) is 20.4. The van der Waals surface area contributed by atoms with Crippen molar-refractivity contribution >= 4 is 23.3 Å². The van der Waals surface area contributed by atoms with Gasteiger partial charge < -0.3 is 18.8 Å². The number of fused-ring (bicyclic) bond motifs is 1. The molecule has 0 N–H and O–H groups in total. The van der Waals surface area contributed by atoms with Crippen molar-refractivity contribution in [1.29, 1.82) is 0 Å². The lowest BCUT2D eigenvalue weighted by Crippen LogP contribution is -2.39. The van der Waals surface area contributed by atoms with Crippen molar-refractivity contribution in [2.24, 2.45) is 7.05 Å². The van der Waals surface area contributed by atoms with Gasteiger partial charge in [0.05, 0.1) is 14.2 Å². The van der Waals surface area contributed by atoms with Crippen molar-refractivity contribution in [1.82, 2.24) is 18.7 Å². The number of hydrogen-bond donors (Lipinski definition) is 0. The van der Waals surface area contributed by atoms with Crippen LogP contribution < -0.4 is 25.5 Å². The summed E-state index contributed by atoms with van der Waals surface area (Å²) < 4.78 is 21.1.